The lowest BCUT2D eigenvalue weighted by Crippen LogP contribution is -2.32. The molecule has 3 amide bonds. The van der Waals surface area contributed by atoms with Crippen LogP contribution in [0.2, 0.25) is 0 Å². The first-order valence-corrected chi connectivity index (χ1v) is 10.8. The average Bonchev–Trinajstić information content (AvgIpc) is 2.80. The molecule has 0 bridgehead atoms. The number of methoxy groups -OCH3 is 1. The molecular weight excluding hydrogens is 426 g/mol. The predicted octanol–water partition coefficient (Wildman–Crippen LogP) is 4.39. The Morgan fingerprint density at radius 1 is 0.969 bits per heavy atom. The van der Waals surface area contributed by atoms with Gasteiger partial charge in [0.1, 0.15) is 5.75 Å². The number of carbonyl (C=O) groups excluding carboxylic acids is 3. The maximum atomic E-state index is 12.5. The summed E-state index contributed by atoms with van der Waals surface area (Å²) in [5.41, 5.74) is 2.32. The summed E-state index contributed by atoms with van der Waals surface area (Å²) in [6, 6.07) is 21.2. The number of benzene rings is 3. The molecule has 4 rings (SSSR count). The molecular formula is C24H21N3O4S. The topological polar surface area (TPSA) is 96.5 Å². The van der Waals surface area contributed by atoms with Crippen molar-refractivity contribution in [3.63, 3.8) is 0 Å². The monoisotopic (exact) mass is 447 g/mol. The van der Waals surface area contributed by atoms with Gasteiger partial charge < -0.3 is 20.7 Å². The normalized spacial score (nSPS) is 14.7. The largest absolute Gasteiger partial charge is 0.495 e. The van der Waals surface area contributed by atoms with Gasteiger partial charge in [-0.25, -0.2) is 0 Å². The fourth-order valence-corrected chi connectivity index (χ4v) is 4.37. The fraction of sp³-hybridized carbons (Fsp3) is 0.125. The number of rotatable bonds is 6. The lowest BCUT2D eigenvalue weighted by molar-refractivity contribution is -0.120. The number of thioether (sulfide) groups is 1. The Morgan fingerprint density at radius 3 is 2.47 bits per heavy atom. The van der Waals surface area contributed by atoms with Gasteiger partial charge in [-0.1, -0.05) is 24.3 Å². The molecule has 1 unspecified atom stereocenters. The van der Waals surface area contributed by atoms with Crippen molar-refractivity contribution in [2.24, 2.45) is 0 Å². The number of hydrogen-bond acceptors (Lipinski definition) is 5. The molecule has 1 aliphatic heterocycles. The maximum Gasteiger partial charge on any atom is 0.255 e. The summed E-state index contributed by atoms with van der Waals surface area (Å²) >= 11 is 1.38. The van der Waals surface area contributed by atoms with Crippen LogP contribution in [0.15, 0.2) is 77.7 Å². The third kappa shape index (κ3) is 4.92. The van der Waals surface area contributed by atoms with E-state index in [0.29, 0.717) is 22.7 Å². The molecule has 3 aromatic rings. The van der Waals surface area contributed by atoms with Crippen molar-refractivity contribution in [3.8, 4) is 5.75 Å². The predicted molar refractivity (Wildman–Crippen MR) is 125 cm³/mol. The van der Waals surface area contributed by atoms with Gasteiger partial charge in [-0.15, -0.1) is 11.8 Å². The van der Waals surface area contributed by atoms with Gasteiger partial charge >= 0.3 is 0 Å². The second-order valence-corrected chi connectivity index (χ2v) is 8.32. The molecule has 1 heterocycles. The molecule has 0 saturated carbocycles. The molecule has 0 aliphatic carbocycles. The SMILES string of the molecule is COc1ccccc1NC(=O)c1ccc(NC(=O)CC2Sc3ccccc3NC2=O)cc1. The molecule has 0 fully saturated rings. The van der Waals surface area contributed by atoms with Gasteiger partial charge in [-0.05, 0) is 48.5 Å². The highest BCUT2D eigenvalue weighted by Gasteiger charge is 2.28. The lowest BCUT2D eigenvalue weighted by Gasteiger charge is -2.23. The van der Waals surface area contributed by atoms with Crippen molar-refractivity contribution < 1.29 is 19.1 Å². The first-order valence-electron chi connectivity index (χ1n) is 9.94. The van der Waals surface area contributed by atoms with Crippen LogP contribution in [-0.2, 0) is 9.59 Å². The van der Waals surface area contributed by atoms with Crippen LogP contribution in [0.25, 0.3) is 0 Å². The van der Waals surface area contributed by atoms with Gasteiger partial charge in [0.2, 0.25) is 11.8 Å². The van der Waals surface area contributed by atoms with Crippen molar-refractivity contribution in [2.45, 2.75) is 16.6 Å². The van der Waals surface area contributed by atoms with Crippen molar-refractivity contribution in [1.82, 2.24) is 0 Å². The smallest absolute Gasteiger partial charge is 0.255 e. The first-order chi connectivity index (χ1) is 15.5. The summed E-state index contributed by atoms with van der Waals surface area (Å²) in [5, 5.41) is 7.92. The minimum absolute atomic E-state index is 0.0425. The van der Waals surface area contributed by atoms with Gasteiger partial charge in [0.05, 0.1) is 23.7 Å². The Labute approximate surface area is 189 Å². The zero-order valence-corrected chi connectivity index (χ0v) is 18.1. The van der Waals surface area contributed by atoms with E-state index in [2.05, 4.69) is 16.0 Å². The average molecular weight is 448 g/mol. The summed E-state index contributed by atoms with van der Waals surface area (Å²) in [6.07, 6.45) is 0.0425. The highest BCUT2D eigenvalue weighted by atomic mass is 32.2. The lowest BCUT2D eigenvalue weighted by atomic mass is 10.1. The summed E-state index contributed by atoms with van der Waals surface area (Å²) < 4.78 is 5.24. The molecule has 3 aromatic carbocycles. The zero-order chi connectivity index (χ0) is 22.5. The molecule has 1 atom stereocenters. The van der Waals surface area contributed by atoms with Gasteiger partial charge in [0.25, 0.3) is 5.91 Å². The molecule has 0 radical (unpaired) electrons. The van der Waals surface area contributed by atoms with E-state index in [1.165, 1.54) is 18.9 Å². The van der Waals surface area contributed by atoms with Crippen molar-refractivity contribution in [1.29, 1.82) is 0 Å². The Morgan fingerprint density at radius 2 is 1.69 bits per heavy atom. The molecule has 0 aromatic heterocycles. The first kappa shape index (κ1) is 21.5. The molecule has 0 spiro atoms. The van der Waals surface area contributed by atoms with E-state index in [9.17, 15) is 14.4 Å². The highest BCUT2D eigenvalue weighted by Crippen LogP contribution is 2.36. The third-order valence-electron chi connectivity index (χ3n) is 4.86. The van der Waals surface area contributed by atoms with E-state index in [4.69, 9.17) is 4.74 Å². The summed E-state index contributed by atoms with van der Waals surface area (Å²) in [6.45, 7) is 0. The van der Waals surface area contributed by atoms with E-state index in [-0.39, 0.29) is 24.1 Å². The Balaban J connectivity index is 1.35. The van der Waals surface area contributed by atoms with Gasteiger partial charge in [0, 0.05) is 22.6 Å². The van der Waals surface area contributed by atoms with Crippen LogP contribution in [0.5, 0.6) is 5.75 Å². The molecule has 1 aliphatic rings. The second kappa shape index (κ2) is 9.57. The van der Waals surface area contributed by atoms with E-state index >= 15 is 0 Å². The van der Waals surface area contributed by atoms with Crippen LogP contribution < -0.4 is 20.7 Å². The number of para-hydroxylation sites is 3. The number of anilines is 3. The van der Waals surface area contributed by atoms with E-state index < -0.39 is 5.25 Å². The van der Waals surface area contributed by atoms with E-state index in [0.717, 1.165) is 10.6 Å². The van der Waals surface area contributed by atoms with Crippen LogP contribution >= 0.6 is 11.8 Å². The van der Waals surface area contributed by atoms with E-state index in [1.807, 2.05) is 30.3 Å². The number of hydrogen-bond donors (Lipinski definition) is 3. The highest BCUT2D eigenvalue weighted by molar-refractivity contribution is 8.01. The molecule has 7 nitrogen and oxygen atoms in total. The van der Waals surface area contributed by atoms with Gasteiger partial charge in [0.15, 0.2) is 0 Å². The summed E-state index contributed by atoms with van der Waals surface area (Å²) in [5.74, 6) is -0.186. The van der Waals surface area contributed by atoms with E-state index in [1.54, 1.807) is 42.5 Å². The fourth-order valence-electron chi connectivity index (χ4n) is 3.25. The number of ether oxygens (including phenoxy) is 1. The second-order valence-electron chi connectivity index (χ2n) is 7.08. The molecule has 0 saturated heterocycles. The van der Waals surface area contributed by atoms with Gasteiger partial charge in [-0.3, -0.25) is 14.4 Å². The van der Waals surface area contributed by atoms with Crippen molar-refractivity contribution in [2.75, 3.05) is 23.1 Å². The number of fused-ring (bicyclic) bond motifs is 1. The summed E-state index contributed by atoms with van der Waals surface area (Å²) in [7, 11) is 1.54. The molecule has 8 heteroatoms. The number of carbonyl (C=O) groups is 3. The maximum absolute atomic E-state index is 12.5. The quantitative estimate of drug-likeness (QED) is 0.521. The van der Waals surface area contributed by atoms with Gasteiger partial charge in [-0.2, -0.15) is 0 Å². The number of amides is 3. The summed E-state index contributed by atoms with van der Waals surface area (Å²) in [4.78, 5) is 38.2. The van der Waals surface area contributed by atoms with Crippen molar-refractivity contribution >= 4 is 46.5 Å². The molecule has 32 heavy (non-hydrogen) atoms. The van der Waals surface area contributed by atoms with Crippen LogP contribution in [-0.4, -0.2) is 30.1 Å². The number of nitrogens with one attached hydrogen (secondary N) is 3. The minimum atomic E-state index is -0.504. The Bertz CT molecular complexity index is 1160. The van der Waals surface area contributed by atoms with Crippen LogP contribution in [0.3, 0.4) is 0 Å². The van der Waals surface area contributed by atoms with Crippen molar-refractivity contribution in [3.05, 3.63) is 78.4 Å². The third-order valence-corrected chi connectivity index (χ3v) is 6.14. The molecule has 162 valence electrons. The molecule has 3 N–H and O–H groups in total. The standard InChI is InChI=1S/C24H21N3O4S/c1-31-19-8-4-2-6-17(19)26-23(29)15-10-12-16(13-11-15)25-22(28)14-21-24(30)27-18-7-3-5-9-20(18)32-21/h2-13,21H,14H2,1H3,(H,25,28)(H,26,29)(H,27,30). The van der Waals surface area contributed by atoms with Crippen LogP contribution in [0.4, 0.5) is 17.1 Å². The Hall–Kier alpha value is -3.78. The van der Waals surface area contributed by atoms with Crippen LogP contribution in [0.1, 0.15) is 16.8 Å². The Kier molecular flexibility index (Phi) is 6.42. The van der Waals surface area contributed by atoms with Crippen LogP contribution in [0, 0.1) is 0 Å². The minimum Gasteiger partial charge on any atom is -0.495 e. The zero-order valence-electron chi connectivity index (χ0n) is 17.3.